The van der Waals surface area contributed by atoms with E-state index in [9.17, 15) is 9.90 Å². The summed E-state index contributed by atoms with van der Waals surface area (Å²) in [6.45, 7) is 14.8. The molecule has 1 heterocycles. The predicted molar refractivity (Wildman–Crippen MR) is 132 cm³/mol. The van der Waals surface area contributed by atoms with E-state index in [4.69, 9.17) is 4.74 Å². The number of hydrogen-bond donors (Lipinski definition) is 1. The molecule has 166 valence electrons. The molecular weight excluding hydrogens is 404 g/mol. The average molecular weight is 440 g/mol. The lowest BCUT2D eigenvalue weighted by Crippen LogP contribution is -2.32. The van der Waals surface area contributed by atoms with Crippen LogP contribution in [0.1, 0.15) is 61.9 Å². The zero-order valence-electron chi connectivity index (χ0n) is 19.7. The fourth-order valence-electron chi connectivity index (χ4n) is 4.19. The second-order valence-corrected chi connectivity index (χ2v) is 10.9. The summed E-state index contributed by atoms with van der Waals surface area (Å²) in [6.07, 6.45) is 0.146. The summed E-state index contributed by atoms with van der Waals surface area (Å²) in [6, 6.07) is 12.8. The second-order valence-electron chi connectivity index (χ2n) is 9.82. The van der Waals surface area contributed by atoms with E-state index in [0.717, 1.165) is 28.0 Å². The lowest BCUT2D eigenvalue weighted by atomic mass is 9.87. The van der Waals surface area contributed by atoms with E-state index in [1.54, 1.807) is 11.8 Å². The number of aliphatic hydroxyl groups is 1. The summed E-state index contributed by atoms with van der Waals surface area (Å²) < 4.78 is 5.92. The molecule has 3 rings (SSSR count). The number of cyclic esters (lactones) is 1. The Morgan fingerprint density at radius 2 is 1.68 bits per heavy atom. The minimum absolute atomic E-state index is 0.148. The molecule has 3 nitrogen and oxygen atoms in total. The number of hydrogen-bond acceptors (Lipinski definition) is 3. The van der Waals surface area contributed by atoms with Crippen molar-refractivity contribution in [2.24, 2.45) is 5.92 Å². The quantitative estimate of drug-likeness (QED) is 0.313. The van der Waals surface area contributed by atoms with Crippen LogP contribution in [0.5, 0.6) is 0 Å². The number of benzene rings is 2. The molecule has 2 aromatic rings. The molecule has 0 saturated carbocycles. The maximum atomic E-state index is 10.8. The van der Waals surface area contributed by atoms with Crippen molar-refractivity contribution in [3.05, 3.63) is 70.0 Å². The van der Waals surface area contributed by atoms with Gasteiger partial charge in [-0.25, -0.2) is 0 Å². The monoisotopic (exact) mass is 439 g/mol. The van der Waals surface area contributed by atoms with E-state index in [0.29, 0.717) is 12.0 Å². The molecule has 0 aliphatic carbocycles. The summed E-state index contributed by atoms with van der Waals surface area (Å²) in [5.74, 6) is 1.04. The minimum Gasteiger partial charge on any atom is -0.511 e. The molecule has 0 amide bonds. The van der Waals surface area contributed by atoms with Gasteiger partial charge in [-0.1, -0.05) is 57.5 Å². The van der Waals surface area contributed by atoms with Gasteiger partial charge >= 0.3 is 5.97 Å². The Balaban J connectivity index is 1.70. The fraction of sp³-hybridized carbons (Fsp3) is 0.444. The third kappa shape index (κ3) is 5.35. The summed E-state index contributed by atoms with van der Waals surface area (Å²) in [5.41, 5.74) is 5.97. The van der Waals surface area contributed by atoms with Crippen LogP contribution in [0.3, 0.4) is 0 Å². The molecule has 0 bridgehead atoms. The van der Waals surface area contributed by atoms with Gasteiger partial charge in [0.1, 0.15) is 5.76 Å². The smallest absolute Gasteiger partial charge is 0.511 e. The molecule has 2 aromatic carbocycles. The first-order valence-electron chi connectivity index (χ1n) is 10.9. The van der Waals surface area contributed by atoms with Crippen molar-refractivity contribution in [2.45, 2.75) is 71.3 Å². The number of aryl methyl sites for hydroxylation is 3. The van der Waals surface area contributed by atoms with Gasteiger partial charge in [-0.15, -0.1) is 11.8 Å². The van der Waals surface area contributed by atoms with Crippen molar-refractivity contribution in [1.29, 1.82) is 0 Å². The molecule has 0 saturated heterocycles. The van der Waals surface area contributed by atoms with E-state index in [1.165, 1.54) is 10.5 Å². The first kappa shape index (κ1) is 23.5. The predicted octanol–water partition coefficient (Wildman–Crippen LogP) is 6.90. The normalized spacial score (nSPS) is 18.2. The van der Waals surface area contributed by atoms with Gasteiger partial charge in [-0.3, -0.25) is 0 Å². The molecule has 2 atom stereocenters. The standard InChI is InChI=1S/C27H34O3S/c1-16-12-17(2)24(18(3)13-16)25-22(28)14-23(30-26(25)29)19(4)15-31-21-10-8-20(9-11-21)27(5,6)7/h8-13,19,23,28H,14-15H2,1-7H3/p+1. The van der Waals surface area contributed by atoms with Gasteiger partial charge in [0.15, 0.2) is 5.57 Å². The molecule has 2 N–H and O–H groups in total. The molecular formula is C27H35O3S+. The van der Waals surface area contributed by atoms with Gasteiger partial charge in [0, 0.05) is 22.1 Å². The number of esters is 1. The molecule has 1 aliphatic heterocycles. The van der Waals surface area contributed by atoms with Gasteiger partial charge in [0.25, 0.3) is 0 Å². The van der Waals surface area contributed by atoms with Crippen molar-refractivity contribution < 1.29 is 14.6 Å². The van der Waals surface area contributed by atoms with E-state index in [-0.39, 0.29) is 29.2 Å². The molecule has 4 heteroatoms. The highest BCUT2D eigenvalue weighted by atomic mass is 32.2. The van der Waals surface area contributed by atoms with Crippen LogP contribution >= 0.6 is 11.8 Å². The number of carbonyl (C=O) groups excluding carboxylic acids is 1. The van der Waals surface area contributed by atoms with Crippen LogP contribution in [-0.4, -0.2) is 27.7 Å². The Hall–Kier alpha value is -2.20. The largest absolute Gasteiger partial charge is 0.522 e. The zero-order chi connectivity index (χ0) is 22.9. The highest BCUT2D eigenvalue weighted by Crippen LogP contribution is 2.35. The topological polar surface area (TPSA) is 50.9 Å². The van der Waals surface area contributed by atoms with Crippen LogP contribution in [-0.2, 0) is 10.2 Å². The van der Waals surface area contributed by atoms with Crippen LogP contribution in [0.25, 0.3) is 5.57 Å². The van der Waals surface area contributed by atoms with E-state index < -0.39 is 0 Å². The van der Waals surface area contributed by atoms with Gasteiger partial charge in [-0.05, 0) is 55.0 Å². The van der Waals surface area contributed by atoms with Crippen molar-refractivity contribution in [3.63, 3.8) is 0 Å². The zero-order valence-corrected chi connectivity index (χ0v) is 20.6. The third-order valence-corrected chi connectivity index (χ3v) is 7.25. The lowest BCUT2D eigenvalue weighted by molar-refractivity contribution is 0.109. The molecule has 0 aromatic heterocycles. The van der Waals surface area contributed by atoms with Gasteiger partial charge in [0.2, 0.25) is 6.10 Å². The van der Waals surface area contributed by atoms with Crippen LogP contribution in [0.4, 0.5) is 0 Å². The van der Waals surface area contributed by atoms with E-state index >= 15 is 0 Å². The Morgan fingerprint density at radius 3 is 2.19 bits per heavy atom. The van der Waals surface area contributed by atoms with Gasteiger partial charge < -0.3 is 14.6 Å². The number of ether oxygens (including phenoxy) is 1. The highest BCUT2D eigenvalue weighted by Gasteiger charge is 2.41. The Kier molecular flexibility index (Phi) is 6.90. The van der Waals surface area contributed by atoms with Gasteiger partial charge in [0.05, 0.1) is 6.42 Å². The summed E-state index contributed by atoms with van der Waals surface area (Å²) >= 11 is 1.78. The average Bonchev–Trinajstić information content (AvgIpc) is 2.67. The molecule has 31 heavy (non-hydrogen) atoms. The van der Waals surface area contributed by atoms with Crippen molar-refractivity contribution >= 4 is 23.3 Å². The molecule has 0 spiro atoms. The highest BCUT2D eigenvalue weighted by molar-refractivity contribution is 7.99. The fourth-order valence-corrected chi connectivity index (χ4v) is 5.19. The first-order valence-corrected chi connectivity index (χ1v) is 11.9. The summed E-state index contributed by atoms with van der Waals surface area (Å²) in [4.78, 5) is 11.9. The number of thioether (sulfide) groups is 1. The van der Waals surface area contributed by atoms with Crippen LogP contribution in [0, 0.1) is 26.7 Å². The second kappa shape index (κ2) is 9.12. The number of aliphatic hydroxyl groups excluding tert-OH is 1. The summed E-state index contributed by atoms with van der Waals surface area (Å²) in [7, 11) is 0. The molecule has 2 unspecified atom stereocenters. The molecule has 1 aliphatic rings. The SMILES string of the molecule is Cc1cc(C)c(C2=C(O)CC(C(C)CSc3ccc(C(C)(C)C)cc3)OC2=[OH+])c(C)c1. The van der Waals surface area contributed by atoms with Crippen molar-refractivity contribution in [3.8, 4) is 0 Å². The van der Waals surface area contributed by atoms with Crippen molar-refractivity contribution in [2.75, 3.05) is 5.75 Å². The van der Waals surface area contributed by atoms with Gasteiger partial charge in [-0.2, -0.15) is 0 Å². The lowest BCUT2D eigenvalue weighted by Gasteiger charge is -2.24. The third-order valence-electron chi connectivity index (χ3n) is 5.95. The Morgan fingerprint density at radius 1 is 1.10 bits per heavy atom. The molecule has 0 fully saturated rings. The maximum Gasteiger partial charge on any atom is 0.522 e. The van der Waals surface area contributed by atoms with E-state index in [2.05, 4.69) is 64.1 Å². The van der Waals surface area contributed by atoms with Crippen molar-refractivity contribution in [1.82, 2.24) is 0 Å². The van der Waals surface area contributed by atoms with Crippen LogP contribution in [0.15, 0.2) is 47.1 Å². The van der Waals surface area contributed by atoms with E-state index in [1.807, 2.05) is 20.8 Å². The Labute approximate surface area is 190 Å². The van der Waals surface area contributed by atoms with Crippen LogP contribution in [0.2, 0.25) is 0 Å². The minimum atomic E-state index is -0.254. The van der Waals surface area contributed by atoms with Crippen LogP contribution < -0.4 is 0 Å². The first-order chi connectivity index (χ1) is 14.5. The Bertz CT molecular complexity index is 973. The summed E-state index contributed by atoms with van der Waals surface area (Å²) in [5, 5.41) is 10.8. The number of rotatable bonds is 5. The molecule has 0 radical (unpaired) electrons. The maximum absolute atomic E-state index is 10.8.